The summed E-state index contributed by atoms with van der Waals surface area (Å²) < 4.78 is 0. The Labute approximate surface area is 107 Å². The lowest BCUT2D eigenvalue weighted by atomic mass is 10.1. The van der Waals surface area contributed by atoms with Crippen molar-refractivity contribution >= 4 is 28.8 Å². The van der Waals surface area contributed by atoms with Crippen molar-refractivity contribution in [3.05, 3.63) is 29.8 Å². The highest BCUT2D eigenvalue weighted by atomic mass is 32.1. The van der Waals surface area contributed by atoms with E-state index >= 15 is 0 Å². The Morgan fingerprint density at radius 1 is 1.35 bits per heavy atom. The van der Waals surface area contributed by atoms with Gasteiger partial charge in [-0.3, -0.25) is 4.79 Å². The van der Waals surface area contributed by atoms with E-state index in [1.807, 2.05) is 43.1 Å². The molecule has 92 valence electrons. The topological polar surface area (TPSA) is 72.3 Å². The van der Waals surface area contributed by atoms with E-state index in [4.69, 9.17) is 23.7 Å². The van der Waals surface area contributed by atoms with Gasteiger partial charge in [-0.2, -0.15) is 0 Å². The third kappa shape index (κ3) is 3.71. The molecule has 0 saturated carbocycles. The first-order chi connectivity index (χ1) is 7.91. The van der Waals surface area contributed by atoms with E-state index in [1.165, 1.54) is 0 Å². The van der Waals surface area contributed by atoms with Gasteiger partial charge in [0.05, 0.1) is 5.92 Å². The van der Waals surface area contributed by atoms with Crippen LogP contribution in [0.15, 0.2) is 24.3 Å². The zero-order valence-corrected chi connectivity index (χ0v) is 10.8. The quantitative estimate of drug-likeness (QED) is 0.762. The summed E-state index contributed by atoms with van der Waals surface area (Å²) in [5.41, 5.74) is 12.6. The van der Waals surface area contributed by atoms with Crippen molar-refractivity contribution < 1.29 is 4.79 Å². The van der Waals surface area contributed by atoms with Gasteiger partial charge in [-0.25, -0.2) is 0 Å². The van der Waals surface area contributed by atoms with E-state index in [9.17, 15) is 4.79 Å². The second-order valence-electron chi connectivity index (χ2n) is 4.10. The summed E-state index contributed by atoms with van der Waals surface area (Å²) in [5.74, 6) is -0.480. The number of hydrogen-bond acceptors (Lipinski definition) is 3. The molecule has 4 nitrogen and oxygen atoms in total. The molecule has 5 heteroatoms. The van der Waals surface area contributed by atoms with Crippen molar-refractivity contribution in [1.29, 1.82) is 0 Å². The van der Waals surface area contributed by atoms with Crippen molar-refractivity contribution in [3.63, 3.8) is 0 Å². The first kappa shape index (κ1) is 13.4. The highest BCUT2D eigenvalue weighted by Crippen LogP contribution is 2.15. The van der Waals surface area contributed by atoms with Crippen molar-refractivity contribution in [2.24, 2.45) is 17.4 Å². The molecule has 17 heavy (non-hydrogen) atoms. The molecule has 0 aliphatic heterocycles. The predicted octanol–water partition coefficient (Wildman–Crippen LogP) is 0.878. The van der Waals surface area contributed by atoms with Gasteiger partial charge in [0, 0.05) is 24.8 Å². The monoisotopic (exact) mass is 251 g/mol. The number of nitrogens with two attached hydrogens (primary N) is 2. The number of nitrogens with zero attached hydrogens (tertiary/aromatic N) is 1. The summed E-state index contributed by atoms with van der Waals surface area (Å²) in [6.07, 6.45) is 0. The van der Waals surface area contributed by atoms with Crippen LogP contribution in [-0.4, -0.2) is 24.5 Å². The van der Waals surface area contributed by atoms with E-state index in [2.05, 4.69) is 0 Å². The van der Waals surface area contributed by atoms with Crippen LogP contribution in [0.25, 0.3) is 0 Å². The molecule has 4 N–H and O–H groups in total. The average molecular weight is 251 g/mol. The van der Waals surface area contributed by atoms with Gasteiger partial charge in [0.15, 0.2) is 0 Å². The number of amides is 1. The fourth-order valence-electron chi connectivity index (χ4n) is 1.49. The first-order valence-corrected chi connectivity index (χ1v) is 5.73. The molecule has 1 aromatic carbocycles. The zero-order chi connectivity index (χ0) is 13.0. The van der Waals surface area contributed by atoms with Gasteiger partial charge in [-0.15, -0.1) is 0 Å². The van der Waals surface area contributed by atoms with Crippen LogP contribution in [0.4, 0.5) is 5.69 Å². The zero-order valence-electron chi connectivity index (χ0n) is 10.0. The van der Waals surface area contributed by atoms with Crippen molar-refractivity contribution in [3.8, 4) is 0 Å². The fourth-order valence-corrected chi connectivity index (χ4v) is 1.62. The summed E-state index contributed by atoms with van der Waals surface area (Å²) in [6, 6.07) is 7.57. The number of benzene rings is 1. The van der Waals surface area contributed by atoms with Crippen molar-refractivity contribution in [2.75, 3.05) is 18.5 Å². The van der Waals surface area contributed by atoms with E-state index in [0.717, 1.165) is 11.3 Å². The molecular weight excluding hydrogens is 234 g/mol. The number of carbonyl (C=O) groups excluding carboxylic acids is 1. The lowest BCUT2D eigenvalue weighted by Crippen LogP contribution is -2.32. The molecule has 1 unspecified atom stereocenters. The Hall–Kier alpha value is -1.62. The largest absolute Gasteiger partial charge is 0.389 e. The van der Waals surface area contributed by atoms with E-state index in [-0.39, 0.29) is 11.8 Å². The minimum atomic E-state index is -0.295. The molecule has 0 spiro atoms. The standard InChI is InChI=1S/C12H17N3OS/c1-8(11(13)16)7-15(2)10-5-3-9(4-6-10)12(14)17/h3-6,8H,7H2,1-2H3,(H2,13,16)(H2,14,17). The minimum Gasteiger partial charge on any atom is -0.389 e. The number of carbonyl (C=O) groups is 1. The molecule has 0 heterocycles. The predicted molar refractivity (Wildman–Crippen MR) is 74.0 cm³/mol. The van der Waals surface area contributed by atoms with Crippen LogP contribution in [0, 0.1) is 5.92 Å². The maximum absolute atomic E-state index is 11.0. The highest BCUT2D eigenvalue weighted by molar-refractivity contribution is 7.80. The Bertz CT molecular complexity index is 416. The summed E-state index contributed by atoms with van der Waals surface area (Å²) in [4.78, 5) is 13.3. The van der Waals surface area contributed by atoms with Gasteiger partial charge in [-0.1, -0.05) is 19.1 Å². The summed E-state index contributed by atoms with van der Waals surface area (Å²) in [5, 5.41) is 0. The second-order valence-corrected chi connectivity index (χ2v) is 4.53. The molecule has 0 aromatic heterocycles. The highest BCUT2D eigenvalue weighted by Gasteiger charge is 2.12. The molecule has 1 rings (SSSR count). The fraction of sp³-hybridized carbons (Fsp3) is 0.333. The smallest absolute Gasteiger partial charge is 0.222 e. The van der Waals surface area contributed by atoms with Crippen LogP contribution in [0.3, 0.4) is 0 Å². The van der Waals surface area contributed by atoms with Gasteiger partial charge in [-0.05, 0) is 24.3 Å². The number of rotatable bonds is 5. The van der Waals surface area contributed by atoms with Crippen LogP contribution in [0.1, 0.15) is 12.5 Å². The summed E-state index contributed by atoms with van der Waals surface area (Å²) in [7, 11) is 1.91. The molecule has 0 fully saturated rings. The van der Waals surface area contributed by atoms with E-state index in [1.54, 1.807) is 0 Å². The lowest BCUT2D eigenvalue weighted by Gasteiger charge is -2.22. The second kappa shape index (κ2) is 5.63. The molecule has 0 radical (unpaired) electrons. The molecule has 0 aliphatic carbocycles. The Kier molecular flexibility index (Phi) is 4.45. The Morgan fingerprint density at radius 3 is 2.29 bits per heavy atom. The van der Waals surface area contributed by atoms with Crippen LogP contribution < -0.4 is 16.4 Å². The molecule has 1 atom stereocenters. The normalized spacial score (nSPS) is 11.9. The lowest BCUT2D eigenvalue weighted by molar-refractivity contribution is -0.121. The molecule has 0 aliphatic rings. The molecule has 0 bridgehead atoms. The van der Waals surface area contributed by atoms with Crippen LogP contribution in [-0.2, 0) is 4.79 Å². The van der Waals surface area contributed by atoms with Crippen LogP contribution in [0.2, 0.25) is 0 Å². The first-order valence-electron chi connectivity index (χ1n) is 5.32. The van der Waals surface area contributed by atoms with Crippen LogP contribution in [0.5, 0.6) is 0 Å². The number of primary amides is 1. The van der Waals surface area contributed by atoms with Gasteiger partial charge in [0.2, 0.25) is 5.91 Å². The van der Waals surface area contributed by atoms with Gasteiger partial charge in [0.1, 0.15) is 4.99 Å². The number of anilines is 1. The maximum Gasteiger partial charge on any atom is 0.222 e. The van der Waals surface area contributed by atoms with Gasteiger partial charge >= 0.3 is 0 Å². The number of thiocarbonyl (C=S) groups is 1. The molecule has 1 amide bonds. The molecular formula is C12H17N3OS. The third-order valence-corrected chi connectivity index (χ3v) is 2.86. The van der Waals surface area contributed by atoms with Gasteiger partial charge in [0.25, 0.3) is 0 Å². The van der Waals surface area contributed by atoms with E-state index in [0.29, 0.717) is 11.5 Å². The van der Waals surface area contributed by atoms with Crippen molar-refractivity contribution in [2.45, 2.75) is 6.92 Å². The van der Waals surface area contributed by atoms with Crippen molar-refractivity contribution in [1.82, 2.24) is 0 Å². The minimum absolute atomic E-state index is 0.185. The molecule has 1 aromatic rings. The molecule has 0 saturated heterocycles. The van der Waals surface area contributed by atoms with Crippen LogP contribution >= 0.6 is 12.2 Å². The third-order valence-electron chi connectivity index (χ3n) is 2.63. The Morgan fingerprint density at radius 2 is 1.88 bits per heavy atom. The Balaban J connectivity index is 2.73. The summed E-state index contributed by atoms with van der Waals surface area (Å²) in [6.45, 7) is 2.39. The summed E-state index contributed by atoms with van der Waals surface area (Å²) >= 11 is 4.88. The number of hydrogen-bond donors (Lipinski definition) is 2. The van der Waals surface area contributed by atoms with Gasteiger partial charge < -0.3 is 16.4 Å². The average Bonchev–Trinajstić information content (AvgIpc) is 2.28. The SMILES string of the molecule is CC(CN(C)c1ccc(C(N)=S)cc1)C(N)=O. The maximum atomic E-state index is 11.0. The van der Waals surface area contributed by atoms with E-state index < -0.39 is 0 Å².